The number of rotatable bonds is 7. The third-order valence-electron chi connectivity index (χ3n) is 5.28. The van der Waals surface area contributed by atoms with Gasteiger partial charge in [-0.15, -0.1) is 0 Å². The standard InChI is InChI=1S/C24H24ClN3O5S/c25-21-4-2-1-3-17(21)15-24(29)27-18-5-10-22(23(16-18)34(26,30)31)33-20-8-6-19(7-9-20)28-11-13-32-14-12-28/h1-10,16H,11-15H2,(H,27,29)(H2,26,30,31). The van der Waals surface area contributed by atoms with E-state index in [1.165, 1.54) is 12.1 Å². The van der Waals surface area contributed by atoms with Crippen molar-refractivity contribution in [2.24, 2.45) is 5.14 Å². The second-order valence-corrected chi connectivity index (χ2v) is 9.66. The van der Waals surface area contributed by atoms with Crippen LogP contribution in [0.1, 0.15) is 5.56 Å². The molecule has 0 bridgehead atoms. The molecule has 0 atom stereocenters. The van der Waals surface area contributed by atoms with E-state index in [1.54, 1.807) is 42.5 Å². The van der Waals surface area contributed by atoms with Crippen molar-refractivity contribution < 1.29 is 22.7 Å². The molecule has 0 unspecified atom stereocenters. The van der Waals surface area contributed by atoms with Crippen LogP contribution >= 0.6 is 11.6 Å². The van der Waals surface area contributed by atoms with Crippen LogP contribution in [0.15, 0.2) is 71.6 Å². The number of nitrogens with zero attached hydrogens (tertiary/aromatic N) is 1. The summed E-state index contributed by atoms with van der Waals surface area (Å²) in [5.74, 6) is 0.170. The number of morpholine rings is 1. The SMILES string of the molecule is NS(=O)(=O)c1cc(NC(=O)Cc2ccccc2Cl)ccc1Oc1ccc(N2CCOCC2)cc1. The zero-order valence-corrected chi connectivity index (χ0v) is 19.8. The van der Waals surface area contributed by atoms with Crippen molar-refractivity contribution in [2.45, 2.75) is 11.3 Å². The molecule has 4 rings (SSSR count). The second-order valence-electron chi connectivity index (χ2n) is 7.72. The first-order chi connectivity index (χ1) is 16.3. The van der Waals surface area contributed by atoms with Crippen molar-refractivity contribution >= 4 is 38.9 Å². The Morgan fingerprint density at radius 1 is 1.06 bits per heavy atom. The molecule has 1 aliphatic rings. The van der Waals surface area contributed by atoms with Gasteiger partial charge in [0.1, 0.15) is 16.4 Å². The minimum Gasteiger partial charge on any atom is -0.456 e. The van der Waals surface area contributed by atoms with Crippen molar-refractivity contribution in [3.8, 4) is 11.5 Å². The highest BCUT2D eigenvalue weighted by Gasteiger charge is 2.18. The maximum atomic E-state index is 12.4. The fraction of sp³-hybridized carbons (Fsp3) is 0.208. The van der Waals surface area contributed by atoms with Crippen molar-refractivity contribution in [3.63, 3.8) is 0 Å². The molecular formula is C24H24ClN3O5S. The zero-order valence-electron chi connectivity index (χ0n) is 18.2. The fourth-order valence-electron chi connectivity index (χ4n) is 3.59. The molecule has 3 aromatic carbocycles. The first-order valence-electron chi connectivity index (χ1n) is 10.6. The third kappa shape index (κ3) is 6.06. The largest absolute Gasteiger partial charge is 0.456 e. The molecule has 0 aromatic heterocycles. The number of primary sulfonamides is 1. The van der Waals surface area contributed by atoms with Crippen LogP contribution in [-0.4, -0.2) is 40.6 Å². The smallest absolute Gasteiger partial charge is 0.241 e. The van der Waals surface area contributed by atoms with Gasteiger partial charge in [0, 0.05) is 29.5 Å². The maximum absolute atomic E-state index is 12.4. The van der Waals surface area contributed by atoms with Gasteiger partial charge < -0.3 is 19.7 Å². The molecule has 3 aromatic rings. The Labute approximate surface area is 203 Å². The average Bonchev–Trinajstić information content (AvgIpc) is 2.82. The highest BCUT2D eigenvalue weighted by molar-refractivity contribution is 7.89. The molecular weight excluding hydrogens is 478 g/mol. The number of anilines is 2. The summed E-state index contributed by atoms with van der Waals surface area (Å²) >= 11 is 6.11. The average molecular weight is 502 g/mol. The number of nitrogens with two attached hydrogens (primary N) is 1. The van der Waals surface area contributed by atoms with Gasteiger partial charge in [-0.2, -0.15) is 0 Å². The normalized spacial score (nSPS) is 14.0. The van der Waals surface area contributed by atoms with Gasteiger partial charge in [0.15, 0.2) is 0 Å². The van der Waals surface area contributed by atoms with Gasteiger partial charge in [0.05, 0.1) is 19.6 Å². The van der Waals surface area contributed by atoms with Crippen LogP contribution in [0.4, 0.5) is 11.4 Å². The van der Waals surface area contributed by atoms with Gasteiger partial charge in [-0.1, -0.05) is 29.8 Å². The number of carbonyl (C=O) groups excluding carboxylic acids is 1. The Balaban J connectivity index is 1.49. The Morgan fingerprint density at radius 3 is 2.44 bits per heavy atom. The van der Waals surface area contributed by atoms with Crippen LogP contribution in [0.2, 0.25) is 5.02 Å². The van der Waals surface area contributed by atoms with Gasteiger partial charge in [0.25, 0.3) is 0 Å². The van der Waals surface area contributed by atoms with E-state index >= 15 is 0 Å². The fourth-order valence-corrected chi connectivity index (χ4v) is 4.47. The van der Waals surface area contributed by atoms with E-state index in [4.69, 9.17) is 26.2 Å². The monoisotopic (exact) mass is 501 g/mol. The Kier molecular flexibility index (Phi) is 7.38. The first-order valence-corrected chi connectivity index (χ1v) is 12.5. The van der Waals surface area contributed by atoms with E-state index in [-0.39, 0.29) is 28.7 Å². The molecule has 1 saturated heterocycles. The number of ether oxygens (including phenoxy) is 2. The van der Waals surface area contributed by atoms with E-state index in [9.17, 15) is 13.2 Å². The number of halogens is 1. The molecule has 3 N–H and O–H groups in total. The molecule has 34 heavy (non-hydrogen) atoms. The lowest BCUT2D eigenvalue weighted by Gasteiger charge is -2.28. The highest BCUT2D eigenvalue weighted by atomic mass is 35.5. The molecule has 1 amide bonds. The Hall–Kier alpha value is -3.11. The number of carbonyl (C=O) groups is 1. The lowest BCUT2D eigenvalue weighted by atomic mass is 10.1. The number of hydrogen-bond acceptors (Lipinski definition) is 6. The minimum absolute atomic E-state index is 0.0398. The summed E-state index contributed by atoms with van der Waals surface area (Å²) in [6, 6.07) is 18.6. The van der Waals surface area contributed by atoms with Crippen LogP contribution in [-0.2, 0) is 26.0 Å². The Bertz CT molecular complexity index is 1280. The molecule has 1 heterocycles. The molecule has 1 fully saturated rings. The summed E-state index contributed by atoms with van der Waals surface area (Å²) in [6.45, 7) is 2.97. The third-order valence-corrected chi connectivity index (χ3v) is 6.58. The quantitative estimate of drug-likeness (QED) is 0.509. The number of amides is 1. The van der Waals surface area contributed by atoms with E-state index in [0.29, 0.717) is 29.5 Å². The number of sulfonamides is 1. The summed E-state index contributed by atoms with van der Waals surface area (Å²) in [4.78, 5) is 14.4. The molecule has 1 aliphatic heterocycles. The molecule has 0 saturated carbocycles. The van der Waals surface area contributed by atoms with E-state index < -0.39 is 10.0 Å². The van der Waals surface area contributed by atoms with Crippen molar-refractivity contribution in [1.82, 2.24) is 0 Å². The van der Waals surface area contributed by atoms with Gasteiger partial charge in [0.2, 0.25) is 15.9 Å². The van der Waals surface area contributed by atoms with Gasteiger partial charge in [-0.05, 0) is 54.1 Å². The van der Waals surface area contributed by atoms with E-state index in [1.807, 2.05) is 12.1 Å². The molecule has 8 nitrogen and oxygen atoms in total. The van der Waals surface area contributed by atoms with Crippen molar-refractivity contribution in [1.29, 1.82) is 0 Å². The first kappa shape index (κ1) is 24.0. The maximum Gasteiger partial charge on any atom is 0.241 e. The summed E-state index contributed by atoms with van der Waals surface area (Å²) in [7, 11) is -4.12. The van der Waals surface area contributed by atoms with Gasteiger partial charge in [-0.25, -0.2) is 13.6 Å². The van der Waals surface area contributed by atoms with E-state index in [2.05, 4.69) is 10.2 Å². The number of benzene rings is 3. The van der Waals surface area contributed by atoms with Gasteiger partial charge in [-0.3, -0.25) is 4.79 Å². The van der Waals surface area contributed by atoms with Crippen LogP contribution in [0, 0.1) is 0 Å². The number of nitrogens with one attached hydrogen (secondary N) is 1. The van der Waals surface area contributed by atoms with Crippen LogP contribution in [0.25, 0.3) is 0 Å². The minimum atomic E-state index is -4.12. The summed E-state index contributed by atoms with van der Waals surface area (Å²) in [5.41, 5.74) is 1.96. The topological polar surface area (TPSA) is 111 Å². The summed E-state index contributed by atoms with van der Waals surface area (Å²) in [5, 5.41) is 8.57. The summed E-state index contributed by atoms with van der Waals surface area (Å²) in [6.07, 6.45) is 0.0398. The van der Waals surface area contributed by atoms with Crippen LogP contribution in [0.5, 0.6) is 11.5 Å². The van der Waals surface area contributed by atoms with Crippen LogP contribution in [0.3, 0.4) is 0 Å². The predicted molar refractivity (Wildman–Crippen MR) is 131 cm³/mol. The van der Waals surface area contributed by atoms with Gasteiger partial charge >= 0.3 is 0 Å². The lowest BCUT2D eigenvalue weighted by molar-refractivity contribution is -0.115. The highest BCUT2D eigenvalue weighted by Crippen LogP contribution is 2.32. The predicted octanol–water partition coefficient (Wildman–Crippen LogP) is 3.80. The van der Waals surface area contributed by atoms with E-state index in [0.717, 1.165) is 18.8 Å². The molecule has 0 spiro atoms. The lowest BCUT2D eigenvalue weighted by Crippen LogP contribution is -2.36. The molecule has 178 valence electrons. The van der Waals surface area contributed by atoms with Crippen molar-refractivity contribution in [2.75, 3.05) is 36.5 Å². The number of hydrogen-bond donors (Lipinski definition) is 2. The Morgan fingerprint density at radius 2 is 1.76 bits per heavy atom. The molecule has 0 aliphatic carbocycles. The van der Waals surface area contributed by atoms with Crippen molar-refractivity contribution in [3.05, 3.63) is 77.3 Å². The zero-order chi connectivity index (χ0) is 24.1. The molecule has 0 radical (unpaired) electrons. The summed E-state index contributed by atoms with van der Waals surface area (Å²) < 4.78 is 35.6. The second kappa shape index (κ2) is 10.4. The molecule has 10 heteroatoms. The van der Waals surface area contributed by atoms with Crippen LogP contribution < -0.4 is 20.1 Å².